The summed E-state index contributed by atoms with van der Waals surface area (Å²) in [6.07, 6.45) is 4.62. The van der Waals surface area contributed by atoms with Gasteiger partial charge < -0.3 is 5.32 Å². The van der Waals surface area contributed by atoms with E-state index in [1.165, 1.54) is 29.0 Å². The summed E-state index contributed by atoms with van der Waals surface area (Å²) in [5, 5.41) is 13.0. The number of thioether (sulfide) groups is 1. The van der Waals surface area contributed by atoms with E-state index in [0.29, 0.717) is 4.75 Å². The highest BCUT2D eigenvalue weighted by Gasteiger charge is 2.28. The van der Waals surface area contributed by atoms with Crippen molar-refractivity contribution in [3.05, 3.63) is 29.3 Å². The minimum absolute atomic E-state index is 0.423. The van der Waals surface area contributed by atoms with Gasteiger partial charge in [-0.15, -0.1) is 11.3 Å². The molecule has 0 amide bonds. The van der Waals surface area contributed by atoms with Gasteiger partial charge in [0, 0.05) is 23.4 Å². The first-order chi connectivity index (χ1) is 9.27. The smallest absolute Gasteiger partial charge is 0.0794 e. The number of aromatic amines is 1. The monoisotopic (exact) mass is 293 g/mol. The van der Waals surface area contributed by atoms with Crippen molar-refractivity contribution < 1.29 is 0 Å². The van der Waals surface area contributed by atoms with E-state index in [1.807, 2.05) is 6.20 Å². The first-order valence-electron chi connectivity index (χ1n) is 6.68. The zero-order valence-electron chi connectivity index (χ0n) is 11.1. The van der Waals surface area contributed by atoms with Gasteiger partial charge in [0.15, 0.2) is 0 Å². The van der Waals surface area contributed by atoms with E-state index < -0.39 is 0 Å². The molecule has 1 atom stereocenters. The largest absolute Gasteiger partial charge is 0.311 e. The molecule has 1 saturated heterocycles. The zero-order valence-corrected chi connectivity index (χ0v) is 12.7. The van der Waals surface area contributed by atoms with Crippen LogP contribution in [-0.4, -0.2) is 27.2 Å². The van der Waals surface area contributed by atoms with Crippen LogP contribution in [0.5, 0.6) is 0 Å². The van der Waals surface area contributed by atoms with Gasteiger partial charge in [-0.3, -0.25) is 5.10 Å². The average molecular weight is 293 g/mol. The molecule has 1 aliphatic heterocycles. The molecule has 3 rings (SSSR count). The van der Waals surface area contributed by atoms with E-state index in [0.717, 1.165) is 18.8 Å². The van der Waals surface area contributed by atoms with Gasteiger partial charge in [-0.25, -0.2) is 0 Å². The third kappa shape index (κ3) is 3.04. The van der Waals surface area contributed by atoms with Crippen molar-refractivity contribution in [3.8, 4) is 10.6 Å². The number of rotatable bonds is 5. The van der Waals surface area contributed by atoms with Gasteiger partial charge in [0.1, 0.15) is 0 Å². The van der Waals surface area contributed by atoms with E-state index in [9.17, 15) is 0 Å². The number of thiophene rings is 1. The number of aromatic nitrogens is 2. The molecule has 0 spiro atoms. The van der Waals surface area contributed by atoms with Gasteiger partial charge in [0.05, 0.1) is 16.8 Å². The lowest BCUT2D eigenvalue weighted by atomic mass is 10.1. The Morgan fingerprint density at radius 3 is 3.21 bits per heavy atom. The Morgan fingerprint density at radius 1 is 1.53 bits per heavy atom. The second kappa shape index (κ2) is 5.69. The van der Waals surface area contributed by atoms with Crippen molar-refractivity contribution in [3.63, 3.8) is 0 Å². The summed E-state index contributed by atoms with van der Waals surface area (Å²) in [5.41, 5.74) is 2.42. The Labute approximate surface area is 122 Å². The van der Waals surface area contributed by atoms with Gasteiger partial charge in [-0.1, -0.05) is 6.07 Å². The van der Waals surface area contributed by atoms with Gasteiger partial charge in [0.25, 0.3) is 0 Å². The molecule has 0 aromatic carbocycles. The number of hydrogen-bond acceptors (Lipinski definition) is 4. The molecule has 0 radical (unpaired) electrons. The fraction of sp³-hybridized carbons (Fsp3) is 0.500. The molecule has 19 heavy (non-hydrogen) atoms. The molecule has 1 unspecified atom stereocenters. The predicted molar refractivity (Wildman–Crippen MR) is 83.7 cm³/mol. The topological polar surface area (TPSA) is 40.7 Å². The lowest BCUT2D eigenvalue weighted by Gasteiger charge is -2.22. The summed E-state index contributed by atoms with van der Waals surface area (Å²) in [5.74, 6) is 1.31. The van der Waals surface area contributed by atoms with Crippen LogP contribution in [-0.2, 0) is 6.54 Å². The van der Waals surface area contributed by atoms with Crippen molar-refractivity contribution in [2.45, 2.75) is 31.1 Å². The minimum Gasteiger partial charge on any atom is -0.311 e. The number of hydrogen-bond donors (Lipinski definition) is 2. The molecule has 2 N–H and O–H groups in total. The molecular formula is C14H19N3S2. The minimum atomic E-state index is 0.423. The molecule has 0 saturated carbocycles. The molecule has 5 heteroatoms. The Balaban J connectivity index is 1.60. The number of nitrogens with one attached hydrogen (secondary N) is 2. The van der Waals surface area contributed by atoms with Crippen molar-refractivity contribution in [1.82, 2.24) is 15.5 Å². The summed E-state index contributed by atoms with van der Waals surface area (Å²) < 4.78 is 0.423. The summed E-state index contributed by atoms with van der Waals surface area (Å²) in [6.45, 7) is 4.33. The fourth-order valence-corrected chi connectivity index (χ4v) is 4.55. The predicted octanol–water partition coefficient (Wildman–Crippen LogP) is 3.51. The van der Waals surface area contributed by atoms with Crippen LogP contribution < -0.4 is 5.32 Å². The molecule has 1 aliphatic rings. The quantitative estimate of drug-likeness (QED) is 0.886. The van der Waals surface area contributed by atoms with Crippen LogP contribution in [0.1, 0.15) is 25.3 Å². The van der Waals surface area contributed by atoms with Crippen LogP contribution in [0.15, 0.2) is 23.7 Å². The third-order valence-electron chi connectivity index (χ3n) is 3.60. The maximum atomic E-state index is 4.18. The Morgan fingerprint density at radius 2 is 2.47 bits per heavy atom. The molecule has 3 nitrogen and oxygen atoms in total. The Kier molecular flexibility index (Phi) is 3.96. The summed E-state index contributed by atoms with van der Waals surface area (Å²) in [7, 11) is 0. The standard InChI is InChI=1S/C14H19N3S2/c1-14(5-3-7-19-14)10-15-8-11-9-16-17-13(11)12-4-2-6-18-12/h2,4,6,9,15H,3,5,7-8,10H2,1H3,(H,16,17). The van der Waals surface area contributed by atoms with E-state index in [4.69, 9.17) is 0 Å². The SMILES string of the molecule is CC1(CNCc2cn[nH]c2-c2cccs2)CCCS1. The maximum absolute atomic E-state index is 4.18. The number of nitrogens with zero attached hydrogens (tertiary/aromatic N) is 1. The van der Waals surface area contributed by atoms with E-state index >= 15 is 0 Å². The summed E-state index contributed by atoms with van der Waals surface area (Å²) >= 11 is 3.85. The molecule has 2 aromatic rings. The zero-order chi connectivity index (χ0) is 13.1. The summed E-state index contributed by atoms with van der Waals surface area (Å²) in [4.78, 5) is 1.26. The van der Waals surface area contributed by atoms with Crippen LogP contribution in [0.3, 0.4) is 0 Å². The molecule has 1 fully saturated rings. The van der Waals surface area contributed by atoms with E-state index in [-0.39, 0.29) is 0 Å². The van der Waals surface area contributed by atoms with Crippen molar-refractivity contribution in [1.29, 1.82) is 0 Å². The van der Waals surface area contributed by atoms with E-state index in [2.05, 4.69) is 51.7 Å². The van der Waals surface area contributed by atoms with E-state index in [1.54, 1.807) is 11.3 Å². The highest BCUT2D eigenvalue weighted by Crippen LogP contribution is 2.37. The normalized spacial score (nSPS) is 23.0. The number of H-pyrrole nitrogens is 1. The van der Waals surface area contributed by atoms with Crippen molar-refractivity contribution >= 4 is 23.1 Å². The van der Waals surface area contributed by atoms with Crippen molar-refractivity contribution in [2.24, 2.45) is 0 Å². The van der Waals surface area contributed by atoms with Crippen LogP contribution in [0.2, 0.25) is 0 Å². The van der Waals surface area contributed by atoms with Crippen LogP contribution >= 0.6 is 23.1 Å². The lowest BCUT2D eigenvalue weighted by Crippen LogP contribution is -2.32. The molecule has 0 bridgehead atoms. The molecule has 2 aromatic heterocycles. The van der Waals surface area contributed by atoms with Gasteiger partial charge in [-0.2, -0.15) is 16.9 Å². The Hall–Kier alpha value is -0.780. The molecule has 102 valence electrons. The molecule has 0 aliphatic carbocycles. The first-order valence-corrected chi connectivity index (χ1v) is 8.54. The van der Waals surface area contributed by atoms with Crippen LogP contribution in [0.4, 0.5) is 0 Å². The maximum Gasteiger partial charge on any atom is 0.0794 e. The van der Waals surface area contributed by atoms with Crippen LogP contribution in [0.25, 0.3) is 10.6 Å². The lowest BCUT2D eigenvalue weighted by molar-refractivity contribution is 0.537. The summed E-state index contributed by atoms with van der Waals surface area (Å²) in [6, 6.07) is 4.21. The molecule has 3 heterocycles. The Bertz CT molecular complexity index is 513. The van der Waals surface area contributed by atoms with Gasteiger partial charge >= 0.3 is 0 Å². The second-order valence-electron chi connectivity index (χ2n) is 5.25. The van der Waals surface area contributed by atoms with Crippen molar-refractivity contribution in [2.75, 3.05) is 12.3 Å². The first kappa shape index (κ1) is 13.2. The van der Waals surface area contributed by atoms with Gasteiger partial charge in [-0.05, 0) is 37.0 Å². The average Bonchev–Trinajstić information content (AvgIpc) is 3.09. The second-order valence-corrected chi connectivity index (χ2v) is 7.88. The highest BCUT2D eigenvalue weighted by molar-refractivity contribution is 8.00. The van der Waals surface area contributed by atoms with Crippen LogP contribution in [0, 0.1) is 0 Å². The fourth-order valence-electron chi connectivity index (χ4n) is 2.52. The van der Waals surface area contributed by atoms with Gasteiger partial charge in [0.2, 0.25) is 0 Å². The molecular weight excluding hydrogens is 274 g/mol. The third-order valence-corrected chi connectivity index (χ3v) is 6.03. The highest BCUT2D eigenvalue weighted by atomic mass is 32.2.